The molecule has 8 heteroatoms. The lowest BCUT2D eigenvalue weighted by molar-refractivity contribution is -0.0311. The van der Waals surface area contributed by atoms with Crippen LogP contribution in [0.4, 0.5) is 19.3 Å². The molecule has 5 rings (SSSR count). The molecule has 0 spiro atoms. The van der Waals surface area contributed by atoms with Gasteiger partial charge < -0.3 is 9.47 Å². The van der Waals surface area contributed by atoms with Crippen LogP contribution in [0.25, 0.3) is 0 Å². The van der Waals surface area contributed by atoms with Crippen LogP contribution < -0.4 is 4.90 Å². The van der Waals surface area contributed by atoms with E-state index in [4.69, 9.17) is 4.74 Å². The van der Waals surface area contributed by atoms with Crippen LogP contribution in [0.3, 0.4) is 0 Å². The molecule has 3 saturated heterocycles. The van der Waals surface area contributed by atoms with Gasteiger partial charge in [-0.15, -0.1) is 0 Å². The minimum Gasteiger partial charge on any atom is -0.465 e. The van der Waals surface area contributed by atoms with Gasteiger partial charge in [0.1, 0.15) is 17.7 Å². The summed E-state index contributed by atoms with van der Waals surface area (Å²) >= 11 is 0. The van der Waals surface area contributed by atoms with E-state index < -0.39 is 23.7 Å². The maximum Gasteiger partial charge on any atom is 0.415 e. The molecular formula is C23H24F2N2O4. The average Bonchev–Trinajstić information content (AvgIpc) is 2.78. The van der Waals surface area contributed by atoms with Crippen molar-refractivity contribution >= 4 is 17.7 Å². The van der Waals surface area contributed by atoms with Crippen LogP contribution in [-0.4, -0.2) is 49.8 Å². The fourth-order valence-electron chi connectivity index (χ4n) is 4.32. The zero-order valence-electron chi connectivity index (χ0n) is 17.2. The Morgan fingerprint density at radius 3 is 2.52 bits per heavy atom. The van der Waals surface area contributed by atoms with E-state index in [-0.39, 0.29) is 29.8 Å². The smallest absolute Gasteiger partial charge is 0.415 e. The van der Waals surface area contributed by atoms with E-state index in [1.54, 1.807) is 6.07 Å². The highest BCUT2D eigenvalue weighted by molar-refractivity contribution is 5.90. The van der Waals surface area contributed by atoms with Crippen LogP contribution in [0.15, 0.2) is 42.5 Å². The Bertz CT molecular complexity index is 976. The van der Waals surface area contributed by atoms with E-state index in [1.165, 1.54) is 37.4 Å². The van der Waals surface area contributed by atoms with Gasteiger partial charge in [0, 0.05) is 6.54 Å². The van der Waals surface area contributed by atoms with Crippen molar-refractivity contribution < 1.29 is 27.8 Å². The molecule has 2 bridgehead atoms. The Morgan fingerprint density at radius 2 is 1.87 bits per heavy atom. The Balaban J connectivity index is 1.61. The molecule has 3 fully saturated rings. The van der Waals surface area contributed by atoms with Crippen LogP contribution in [0.1, 0.15) is 28.8 Å². The molecule has 2 aromatic carbocycles. The summed E-state index contributed by atoms with van der Waals surface area (Å²) < 4.78 is 39.1. The Kier molecular flexibility index (Phi) is 6.18. The molecule has 164 valence electrons. The maximum atomic E-state index is 14.6. The fourth-order valence-corrected chi connectivity index (χ4v) is 4.32. The number of hydrogen-bond acceptors (Lipinski definition) is 5. The topological polar surface area (TPSA) is 59.1 Å². The standard InChI is InChI=1S/C23H24F2N2O4/c1-30-22(28)17-10-15(11-18(24)12-17)13-27(20-5-3-2-4-19(20)25)23(29)31-21-14-26-8-6-16(21)7-9-26/h2-5,10-12,16,21H,6-9,13-14H2,1H3. The zero-order valence-corrected chi connectivity index (χ0v) is 17.2. The van der Waals surface area contributed by atoms with Gasteiger partial charge in [-0.05, 0) is 67.7 Å². The minimum atomic E-state index is -0.701. The van der Waals surface area contributed by atoms with Crippen LogP contribution in [0.2, 0.25) is 0 Å². The number of amides is 1. The second-order valence-corrected chi connectivity index (χ2v) is 7.94. The lowest BCUT2D eigenvalue weighted by Gasteiger charge is -2.44. The van der Waals surface area contributed by atoms with Gasteiger partial charge in [-0.3, -0.25) is 9.80 Å². The summed E-state index contributed by atoms with van der Waals surface area (Å²) in [5.41, 5.74) is 0.351. The highest BCUT2D eigenvalue weighted by Gasteiger charge is 2.37. The quantitative estimate of drug-likeness (QED) is 0.672. The Labute approximate surface area is 179 Å². The number of fused-ring (bicyclic) bond motifs is 3. The third-order valence-corrected chi connectivity index (χ3v) is 5.93. The lowest BCUT2D eigenvalue weighted by Crippen LogP contribution is -2.53. The molecule has 3 aliphatic rings. The predicted molar refractivity (Wildman–Crippen MR) is 110 cm³/mol. The first kappa shape index (κ1) is 21.2. The van der Waals surface area contributed by atoms with Gasteiger partial charge >= 0.3 is 12.1 Å². The van der Waals surface area contributed by atoms with Crippen molar-refractivity contribution in [2.24, 2.45) is 5.92 Å². The largest absolute Gasteiger partial charge is 0.465 e. The second-order valence-electron chi connectivity index (χ2n) is 7.94. The highest BCUT2D eigenvalue weighted by atomic mass is 19.1. The SMILES string of the molecule is COC(=O)c1cc(F)cc(CN(C(=O)OC2CN3CCC2CC3)c2ccccc2F)c1. The third-order valence-electron chi connectivity index (χ3n) is 5.93. The number of halogens is 2. The third kappa shape index (κ3) is 4.69. The molecule has 0 aromatic heterocycles. The molecule has 3 aliphatic heterocycles. The number of ether oxygens (including phenoxy) is 2. The van der Waals surface area contributed by atoms with Gasteiger partial charge in [-0.2, -0.15) is 0 Å². The van der Waals surface area contributed by atoms with E-state index >= 15 is 0 Å². The number of para-hydroxylation sites is 1. The van der Waals surface area contributed by atoms with Crippen molar-refractivity contribution in [3.63, 3.8) is 0 Å². The predicted octanol–water partition coefficient (Wildman–Crippen LogP) is 3.99. The van der Waals surface area contributed by atoms with Crippen molar-refractivity contribution in [1.29, 1.82) is 0 Å². The van der Waals surface area contributed by atoms with Crippen molar-refractivity contribution in [1.82, 2.24) is 4.90 Å². The monoisotopic (exact) mass is 430 g/mol. The van der Waals surface area contributed by atoms with Gasteiger partial charge in [0.05, 0.1) is 24.9 Å². The second kappa shape index (κ2) is 9.01. The first-order valence-electron chi connectivity index (χ1n) is 10.3. The van der Waals surface area contributed by atoms with E-state index in [0.29, 0.717) is 12.1 Å². The number of methoxy groups -OCH3 is 1. The van der Waals surface area contributed by atoms with Gasteiger partial charge in [0.25, 0.3) is 0 Å². The van der Waals surface area contributed by atoms with E-state index in [1.807, 2.05) is 0 Å². The number of rotatable bonds is 5. The first-order chi connectivity index (χ1) is 14.9. The number of esters is 1. The van der Waals surface area contributed by atoms with Crippen molar-refractivity contribution in [2.75, 3.05) is 31.6 Å². The van der Waals surface area contributed by atoms with Crippen molar-refractivity contribution in [2.45, 2.75) is 25.5 Å². The highest BCUT2D eigenvalue weighted by Crippen LogP contribution is 2.31. The molecule has 6 nitrogen and oxygen atoms in total. The molecule has 1 unspecified atom stereocenters. The molecule has 0 saturated carbocycles. The fraction of sp³-hybridized carbons (Fsp3) is 0.391. The number of nitrogens with zero attached hydrogens (tertiary/aromatic N) is 2. The van der Waals surface area contributed by atoms with E-state index in [2.05, 4.69) is 9.64 Å². The summed E-state index contributed by atoms with van der Waals surface area (Å²) in [7, 11) is 1.20. The molecule has 1 amide bonds. The molecule has 3 heterocycles. The Hall–Kier alpha value is -3.00. The summed E-state index contributed by atoms with van der Waals surface area (Å²) in [4.78, 5) is 28.4. The summed E-state index contributed by atoms with van der Waals surface area (Å²) in [5.74, 6) is -1.67. The number of carbonyl (C=O) groups is 2. The number of piperidine rings is 3. The average molecular weight is 430 g/mol. The van der Waals surface area contributed by atoms with Crippen LogP contribution >= 0.6 is 0 Å². The molecule has 0 aliphatic carbocycles. The summed E-state index contributed by atoms with van der Waals surface area (Å²) in [5, 5.41) is 0. The van der Waals surface area contributed by atoms with E-state index in [0.717, 1.165) is 36.9 Å². The lowest BCUT2D eigenvalue weighted by atomic mass is 9.86. The first-order valence-corrected chi connectivity index (χ1v) is 10.3. The van der Waals surface area contributed by atoms with Crippen molar-refractivity contribution in [3.8, 4) is 0 Å². The molecular weight excluding hydrogens is 406 g/mol. The van der Waals surface area contributed by atoms with Crippen molar-refractivity contribution in [3.05, 3.63) is 65.2 Å². The molecule has 31 heavy (non-hydrogen) atoms. The van der Waals surface area contributed by atoms with Crippen LogP contribution in [0, 0.1) is 17.6 Å². The van der Waals surface area contributed by atoms with Crippen LogP contribution in [-0.2, 0) is 16.0 Å². The van der Waals surface area contributed by atoms with Crippen LogP contribution in [0.5, 0.6) is 0 Å². The zero-order chi connectivity index (χ0) is 22.0. The number of anilines is 1. The molecule has 0 radical (unpaired) electrons. The van der Waals surface area contributed by atoms with Gasteiger partial charge in [0.15, 0.2) is 0 Å². The maximum absolute atomic E-state index is 14.6. The van der Waals surface area contributed by atoms with E-state index in [9.17, 15) is 18.4 Å². The summed E-state index contributed by atoms with van der Waals surface area (Å²) in [6, 6.07) is 9.51. The molecule has 1 atom stereocenters. The molecule has 0 N–H and O–H groups in total. The Morgan fingerprint density at radius 1 is 1.13 bits per heavy atom. The number of benzene rings is 2. The number of hydrogen-bond donors (Lipinski definition) is 0. The summed E-state index contributed by atoms with van der Waals surface area (Å²) in [6.07, 6.45) is 0.962. The van der Waals surface area contributed by atoms with Gasteiger partial charge in [-0.25, -0.2) is 18.4 Å². The number of carbonyl (C=O) groups excluding carboxylic acids is 2. The van der Waals surface area contributed by atoms with Gasteiger partial charge in [0.2, 0.25) is 0 Å². The normalized spacial score (nSPS) is 22.1. The summed E-state index contributed by atoms with van der Waals surface area (Å²) in [6.45, 7) is 2.49. The molecule has 2 aromatic rings. The minimum absolute atomic E-state index is 0.0109. The van der Waals surface area contributed by atoms with Gasteiger partial charge in [-0.1, -0.05) is 12.1 Å².